The van der Waals surface area contributed by atoms with Crippen molar-refractivity contribution < 1.29 is 9.53 Å². The molecule has 0 saturated carbocycles. The van der Waals surface area contributed by atoms with Crippen molar-refractivity contribution in [2.75, 3.05) is 47.4 Å². The minimum Gasteiger partial charge on any atom is -0.496 e. The van der Waals surface area contributed by atoms with E-state index in [1.165, 1.54) is 0 Å². The lowest BCUT2D eigenvalue weighted by molar-refractivity contribution is -0.135. The van der Waals surface area contributed by atoms with Crippen molar-refractivity contribution >= 4 is 16.9 Å². The van der Waals surface area contributed by atoms with Gasteiger partial charge in [-0.3, -0.25) is 9.69 Å². The maximum absolute atomic E-state index is 13.2. The fourth-order valence-corrected chi connectivity index (χ4v) is 4.83. The predicted octanol–water partition coefficient (Wildman–Crippen LogP) is 3.94. The number of hydrogen-bond donors (Lipinski definition) is 2. The Hall–Kier alpha value is -3.68. The number of methoxy groups -OCH3 is 1. The number of amides is 1. The van der Waals surface area contributed by atoms with Crippen LogP contribution in [0, 0.1) is 0 Å². The van der Waals surface area contributed by atoms with Crippen molar-refractivity contribution in [1.29, 1.82) is 0 Å². The Labute approximate surface area is 205 Å². The average molecular weight is 470 g/mol. The molecule has 7 heteroatoms. The smallest absolute Gasteiger partial charge is 0.244 e. The standard InChI is InChI=1S/C28H31N5O2/c1-32(2)28(34)26(33-13-11-29-12-14-33)20-8-6-7-19(15-20)21-16-23-24(18-31-27(23)30-17-21)22-9-4-5-10-25(22)35-3/h4-10,15-18,26,29H,11-14H2,1-3H3,(H,30,31). The summed E-state index contributed by atoms with van der Waals surface area (Å²) < 4.78 is 5.60. The maximum Gasteiger partial charge on any atom is 0.244 e. The van der Waals surface area contributed by atoms with Crippen molar-refractivity contribution in [2.45, 2.75) is 6.04 Å². The summed E-state index contributed by atoms with van der Waals surface area (Å²) in [6, 6.07) is 18.2. The fourth-order valence-electron chi connectivity index (χ4n) is 4.83. The van der Waals surface area contributed by atoms with Crippen molar-refractivity contribution in [3.05, 3.63) is 72.6 Å². The van der Waals surface area contributed by atoms with Gasteiger partial charge in [-0.2, -0.15) is 0 Å². The Morgan fingerprint density at radius 2 is 1.83 bits per heavy atom. The van der Waals surface area contributed by atoms with E-state index in [-0.39, 0.29) is 11.9 Å². The first kappa shape index (κ1) is 23.1. The zero-order valence-corrected chi connectivity index (χ0v) is 20.4. The second kappa shape index (κ2) is 9.90. The van der Waals surface area contributed by atoms with Crippen LogP contribution in [0.2, 0.25) is 0 Å². The summed E-state index contributed by atoms with van der Waals surface area (Å²) in [7, 11) is 5.34. The third-order valence-electron chi connectivity index (χ3n) is 6.66. The van der Waals surface area contributed by atoms with Crippen LogP contribution in [0.4, 0.5) is 0 Å². The van der Waals surface area contributed by atoms with E-state index in [1.807, 2.05) is 50.8 Å². The molecule has 35 heavy (non-hydrogen) atoms. The van der Waals surface area contributed by atoms with E-state index in [2.05, 4.69) is 45.5 Å². The van der Waals surface area contributed by atoms with Gasteiger partial charge in [0.15, 0.2) is 0 Å². The summed E-state index contributed by atoms with van der Waals surface area (Å²) in [4.78, 5) is 25.2. The molecule has 1 atom stereocenters. The maximum atomic E-state index is 13.2. The lowest BCUT2D eigenvalue weighted by Crippen LogP contribution is -2.49. The van der Waals surface area contributed by atoms with E-state index >= 15 is 0 Å². The van der Waals surface area contributed by atoms with E-state index in [0.29, 0.717) is 0 Å². The van der Waals surface area contributed by atoms with E-state index in [4.69, 9.17) is 9.72 Å². The van der Waals surface area contributed by atoms with Crippen LogP contribution >= 0.6 is 0 Å². The van der Waals surface area contributed by atoms with Gasteiger partial charge < -0.3 is 19.9 Å². The second-order valence-electron chi connectivity index (χ2n) is 9.07. The Morgan fingerprint density at radius 1 is 1.03 bits per heavy atom. The molecule has 1 unspecified atom stereocenters. The highest BCUT2D eigenvalue weighted by molar-refractivity contribution is 5.97. The lowest BCUT2D eigenvalue weighted by atomic mass is 9.97. The molecule has 0 aliphatic carbocycles. The highest BCUT2D eigenvalue weighted by Crippen LogP contribution is 2.36. The summed E-state index contributed by atoms with van der Waals surface area (Å²) in [5, 5.41) is 4.41. The number of aromatic nitrogens is 2. The van der Waals surface area contributed by atoms with Crippen molar-refractivity contribution in [3.63, 3.8) is 0 Å². The number of rotatable bonds is 6. The Bertz CT molecular complexity index is 1340. The number of carbonyl (C=O) groups is 1. The normalized spacial score (nSPS) is 15.2. The first-order valence-corrected chi connectivity index (χ1v) is 11.9. The van der Waals surface area contributed by atoms with Gasteiger partial charge in [-0.1, -0.05) is 36.4 Å². The van der Waals surface area contributed by atoms with Crippen LogP contribution in [0.25, 0.3) is 33.3 Å². The molecule has 1 fully saturated rings. The van der Waals surface area contributed by atoms with E-state index in [0.717, 1.165) is 70.8 Å². The van der Waals surface area contributed by atoms with E-state index in [1.54, 1.807) is 12.0 Å². The molecule has 4 aromatic rings. The number of pyridine rings is 1. The number of aromatic amines is 1. The molecule has 1 aliphatic rings. The van der Waals surface area contributed by atoms with Crippen LogP contribution in [0.1, 0.15) is 11.6 Å². The highest BCUT2D eigenvalue weighted by atomic mass is 16.5. The number of piperazine rings is 1. The van der Waals surface area contributed by atoms with Crippen LogP contribution in [0.3, 0.4) is 0 Å². The number of ether oxygens (including phenoxy) is 1. The molecule has 5 rings (SSSR count). The number of nitrogens with zero attached hydrogens (tertiary/aromatic N) is 3. The van der Waals surface area contributed by atoms with Crippen LogP contribution in [-0.2, 0) is 4.79 Å². The van der Waals surface area contributed by atoms with E-state index in [9.17, 15) is 4.79 Å². The third kappa shape index (κ3) is 4.52. The summed E-state index contributed by atoms with van der Waals surface area (Å²) in [5.74, 6) is 0.920. The molecule has 2 aromatic carbocycles. The van der Waals surface area contributed by atoms with Gasteiger partial charge in [0.1, 0.15) is 17.4 Å². The van der Waals surface area contributed by atoms with Gasteiger partial charge >= 0.3 is 0 Å². The number of fused-ring (bicyclic) bond motifs is 1. The molecule has 0 bridgehead atoms. The number of benzene rings is 2. The summed E-state index contributed by atoms with van der Waals surface area (Å²) in [6.07, 6.45) is 3.86. The predicted molar refractivity (Wildman–Crippen MR) is 139 cm³/mol. The average Bonchev–Trinajstić information content (AvgIpc) is 3.32. The number of likely N-dealkylation sites (N-methyl/N-ethyl adjacent to an activating group) is 1. The van der Waals surface area contributed by atoms with Gasteiger partial charge in [-0.15, -0.1) is 0 Å². The second-order valence-corrected chi connectivity index (χ2v) is 9.07. The van der Waals surface area contributed by atoms with Crippen LogP contribution in [-0.4, -0.2) is 73.1 Å². The van der Waals surface area contributed by atoms with Gasteiger partial charge in [0, 0.05) is 74.7 Å². The molecule has 7 nitrogen and oxygen atoms in total. The largest absolute Gasteiger partial charge is 0.496 e. The first-order valence-electron chi connectivity index (χ1n) is 11.9. The van der Waals surface area contributed by atoms with Gasteiger partial charge in [-0.05, 0) is 29.3 Å². The zero-order valence-electron chi connectivity index (χ0n) is 20.4. The number of nitrogens with one attached hydrogen (secondary N) is 2. The molecule has 2 aromatic heterocycles. The van der Waals surface area contributed by atoms with Crippen LogP contribution in [0.15, 0.2) is 67.0 Å². The van der Waals surface area contributed by atoms with Gasteiger partial charge in [-0.25, -0.2) is 4.98 Å². The monoisotopic (exact) mass is 469 g/mol. The minimum atomic E-state index is -0.305. The molecular formula is C28H31N5O2. The van der Waals surface area contributed by atoms with E-state index < -0.39 is 0 Å². The number of para-hydroxylation sites is 1. The molecule has 1 amide bonds. The topological polar surface area (TPSA) is 73.5 Å². The molecule has 0 radical (unpaired) electrons. The Morgan fingerprint density at radius 3 is 2.60 bits per heavy atom. The molecule has 0 spiro atoms. The molecule has 2 N–H and O–H groups in total. The van der Waals surface area contributed by atoms with Gasteiger partial charge in [0.25, 0.3) is 0 Å². The number of carbonyl (C=O) groups excluding carboxylic acids is 1. The molecule has 3 heterocycles. The molecular weight excluding hydrogens is 438 g/mol. The lowest BCUT2D eigenvalue weighted by Gasteiger charge is -2.35. The van der Waals surface area contributed by atoms with Gasteiger partial charge in [0.05, 0.1) is 7.11 Å². The summed E-state index contributed by atoms with van der Waals surface area (Å²) in [5.41, 5.74) is 5.94. The fraction of sp³-hybridized carbons (Fsp3) is 0.286. The van der Waals surface area contributed by atoms with Crippen LogP contribution < -0.4 is 10.1 Å². The van der Waals surface area contributed by atoms with Gasteiger partial charge in [0.2, 0.25) is 5.91 Å². The molecule has 180 valence electrons. The number of H-pyrrole nitrogens is 1. The highest BCUT2D eigenvalue weighted by Gasteiger charge is 2.30. The molecule has 1 saturated heterocycles. The molecule has 1 aliphatic heterocycles. The zero-order chi connectivity index (χ0) is 24.4. The van der Waals surface area contributed by atoms with Crippen molar-refractivity contribution in [2.24, 2.45) is 0 Å². The summed E-state index contributed by atoms with van der Waals surface area (Å²) >= 11 is 0. The quantitative estimate of drug-likeness (QED) is 0.448. The first-order chi connectivity index (χ1) is 17.1. The Balaban J connectivity index is 1.56. The van der Waals surface area contributed by atoms with Crippen molar-refractivity contribution in [1.82, 2.24) is 25.1 Å². The Kier molecular flexibility index (Phi) is 6.53. The SMILES string of the molecule is COc1ccccc1-c1c[nH]c2ncc(-c3cccc(C(C(=O)N(C)C)N4CCNCC4)c3)cc12. The van der Waals surface area contributed by atoms with Crippen LogP contribution in [0.5, 0.6) is 5.75 Å². The summed E-state index contributed by atoms with van der Waals surface area (Å²) in [6.45, 7) is 3.45. The van der Waals surface area contributed by atoms with Crippen molar-refractivity contribution in [3.8, 4) is 28.0 Å². The third-order valence-corrected chi connectivity index (χ3v) is 6.66. The number of hydrogen-bond acceptors (Lipinski definition) is 5. The minimum absolute atomic E-state index is 0.0988.